The minimum absolute atomic E-state index is 0.0151. The molecule has 2 aromatic carbocycles. The van der Waals surface area contributed by atoms with Gasteiger partial charge in [0.1, 0.15) is 0 Å². The summed E-state index contributed by atoms with van der Waals surface area (Å²) >= 11 is 6.23. The van der Waals surface area contributed by atoms with Crippen molar-refractivity contribution < 1.29 is 37.0 Å². The lowest BCUT2D eigenvalue weighted by atomic mass is 9.88. The van der Waals surface area contributed by atoms with Gasteiger partial charge < -0.3 is 29.7 Å². The fourth-order valence-corrected chi connectivity index (χ4v) is 4.26. The highest BCUT2D eigenvalue weighted by Crippen LogP contribution is 2.39. The lowest BCUT2D eigenvalue weighted by Crippen LogP contribution is -2.27. The Morgan fingerprint density at radius 3 is 2.54 bits per heavy atom. The van der Waals surface area contributed by atoms with Crippen LogP contribution in [0.15, 0.2) is 46.9 Å². The van der Waals surface area contributed by atoms with E-state index in [0.717, 1.165) is 12.8 Å². The Labute approximate surface area is 241 Å². The largest absolute Gasteiger partial charge is 0.489 e. The number of hydrogen-bond acceptors (Lipinski definition) is 7. The number of amides is 2. The van der Waals surface area contributed by atoms with E-state index in [1.165, 1.54) is 18.2 Å². The zero-order valence-corrected chi connectivity index (χ0v) is 23.7. The van der Waals surface area contributed by atoms with E-state index in [1.807, 2.05) is 20.8 Å². The molecule has 4 rings (SSSR count). The summed E-state index contributed by atoms with van der Waals surface area (Å²) in [5.74, 6) is -0.350. The predicted molar refractivity (Wildman–Crippen MR) is 147 cm³/mol. The molecule has 1 fully saturated rings. The fraction of sp³-hybridized carbons (Fsp3) is 0.414. The fourth-order valence-electron chi connectivity index (χ4n) is 4.06. The van der Waals surface area contributed by atoms with E-state index < -0.39 is 24.7 Å². The highest BCUT2D eigenvalue weighted by molar-refractivity contribution is 6.31. The van der Waals surface area contributed by atoms with E-state index >= 15 is 0 Å². The van der Waals surface area contributed by atoms with Crippen molar-refractivity contribution in [1.29, 1.82) is 0 Å². The van der Waals surface area contributed by atoms with Crippen molar-refractivity contribution in [3.8, 4) is 23.0 Å². The molecule has 220 valence electrons. The molecule has 2 amide bonds. The third-order valence-electron chi connectivity index (χ3n) is 6.19. The number of nitrogens with zero attached hydrogens (tertiary/aromatic N) is 1. The molecule has 3 aromatic rings. The van der Waals surface area contributed by atoms with Crippen molar-refractivity contribution in [2.24, 2.45) is 17.1 Å². The van der Waals surface area contributed by atoms with Crippen LogP contribution in [0.4, 0.5) is 13.6 Å². The summed E-state index contributed by atoms with van der Waals surface area (Å²) in [4.78, 5) is 29.6. The number of oxazole rings is 1. The number of halogens is 3. The van der Waals surface area contributed by atoms with Crippen LogP contribution in [0.5, 0.6) is 11.5 Å². The number of ether oxygens (including phenoxy) is 3. The van der Waals surface area contributed by atoms with E-state index in [2.05, 4.69) is 15.0 Å². The van der Waals surface area contributed by atoms with Gasteiger partial charge in [0, 0.05) is 17.1 Å². The SMILES string of the molecule is CC(C)(C)C[C@H](OC(N)=O)c1oc(-c2ccc(OC(F)F)c(OCC3CC3)c2)nc1C(=O)NCc1ccccc1Cl. The summed E-state index contributed by atoms with van der Waals surface area (Å²) in [5.41, 5.74) is 5.87. The van der Waals surface area contributed by atoms with Gasteiger partial charge in [-0.2, -0.15) is 8.78 Å². The second kappa shape index (κ2) is 12.8. The quantitative estimate of drug-likeness (QED) is 0.235. The number of hydrogen-bond donors (Lipinski definition) is 2. The Morgan fingerprint density at radius 1 is 1.17 bits per heavy atom. The molecule has 1 aliphatic rings. The molecule has 1 heterocycles. The predicted octanol–water partition coefficient (Wildman–Crippen LogP) is 6.89. The monoisotopic (exact) mass is 591 g/mol. The molecule has 1 aromatic heterocycles. The number of nitrogens with two attached hydrogens (primary N) is 1. The Balaban J connectivity index is 1.72. The maximum atomic E-state index is 13.4. The molecule has 0 radical (unpaired) electrons. The van der Waals surface area contributed by atoms with Gasteiger partial charge in [0.15, 0.2) is 29.1 Å². The Bertz CT molecular complexity index is 1390. The third kappa shape index (κ3) is 8.56. The molecule has 0 unspecified atom stereocenters. The highest BCUT2D eigenvalue weighted by atomic mass is 35.5. The second-order valence-corrected chi connectivity index (χ2v) is 11.4. The normalized spacial score (nSPS) is 14.0. The van der Waals surface area contributed by atoms with Gasteiger partial charge in [0.05, 0.1) is 6.61 Å². The molecule has 0 aliphatic heterocycles. The molecule has 12 heteroatoms. The minimum Gasteiger partial charge on any atom is -0.489 e. The van der Waals surface area contributed by atoms with Gasteiger partial charge in [0.2, 0.25) is 5.89 Å². The zero-order chi connectivity index (χ0) is 29.7. The van der Waals surface area contributed by atoms with Gasteiger partial charge in [-0.15, -0.1) is 0 Å². The average Bonchev–Trinajstić information content (AvgIpc) is 3.61. The first-order valence-electron chi connectivity index (χ1n) is 13.1. The summed E-state index contributed by atoms with van der Waals surface area (Å²) in [5, 5.41) is 3.24. The number of rotatable bonds is 12. The van der Waals surface area contributed by atoms with Gasteiger partial charge in [-0.3, -0.25) is 4.79 Å². The van der Waals surface area contributed by atoms with Crippen molar-refractivity contribution in [3.05, 3.63) is 64.5 Å². The van der Waals surface area contributed by atoms with E-state index in [4.69, 9.17) is 31.2 Å². The Morgan fingerprint density at radius 2 is 1.90 bits per heavy atom. The molecule has 3 N–H and O–H groups in total. The molecular weight excluding hydrogens is 560 g/mol. The first-order chi connectivity index (χ1) is 19.4. The molecule has 0 spiro atoms. The number of carbonyl (C=O) groups excluding carboxylic acids is 2. The molecule has 0 saturated heterocycles. The van der Waals surface area contributed by atoms with Crippen LogP contribution >= 0.6 is 11.6 Å². The topological polar surface area (TPSA) is 126 Å². The van der Waals surface area contributed by atoms with Crippen LogP contribution in [0.2, 0.25) is 5.02 Å². The summed E-state index contributed by atoms with van der Waals surface area (Å²) in [6.07, 6.45) is 0.155. The van der Waals surface area contributed by atoms with Gasteiger partial charge in [-0.25, -0.2) is 9.78 Å². The van der Waals surface area contributed by atoms with Crippen LogP contribution in [0.25, 0.3) is 11.5 Å². The summed E-state index contributed by atoms with van der Waals surface area (Å²) < 4.78 is 47.8. The second-order valence-electron chi connectivity index (χ2n) is 11.0. The molecule has 41 heavy (non-hydrogen) atoms. The smallest absolute Gasteiger partial charge is 0.405 e. The van der Waals surface area contributed by atoms with Crippen LogP contribution in [0.3, 0.4) is 0 Å². The maximum Gasteiger partial charge on any atom is 0.405 e. The van der Waals surface area contributed by atoms with Crippen molar-refractivity contribution in [3.63, 3.8) is 0 Å². The molecule has 1 aliphatic carbocycles. The molecule has 0 bridgehead atoms. The number of benzene rings is 2. The van der Waals surface area contributed by atoms with Gasteiger partial charge in [0.25, 0.3) is 5.91 Å². The van der Waals surface area contributed by atoms with Crippen LogP contribution in [-0.4, -0.2) is 30.2 Å². The maximum absolute atomic E-state index is 13.4. The number of aromatic nitrogens is 1. The first-order valence-corrected chi connectivity index (χ1v) is 13.5. The van der Waals surface area contributed by atoms with Crippen molar-refractivity contribution in [1.82, 2.24) is 10.3 Å². The van der Waals surface area contributed by atoms with Gasteiger partial charge in [-0.1, -0.05) is 50.6 Å². The summed E-state index contributed by atoms with van der Waals surface area (Å²) in [6, 6.07) is 11.3. The number of nitrogens with one attached hydrogen (secondary N) is 1. The van der Waals surface area contributed by atoms with Crippen molar-refractivity contribution >= 4 is 23.6 Å². The number of carbonyl (C=O) groups is 2. The molecule has 1 saturated carbocycles. The summed E-state index contributed by atoms with van der Waals surface area (Å²) in [7, 11) is 0. The Hall–Kier alpha value is -3.86. The standard InChI is InChI=1S/C29H32ClF2N3O6/c1-29(2,3)13-22(40-28(33)37)24-23(25(36)34-14-18-6-4-5-7-19(18)30)35-26(41-24)17-10-11-20(39-27(31)32)21(12-17)38-15-16-8-9-16/h4-7,10-12,16,22,27H,8-9,13-15H2,1-3H3,(H2,33,37)(H,34,36)/t22-/m0/s1. The van der Waals surface area contributed by atoms with Crippen molar-refractivity contribution in [2.45, 2.75) is 59.3 Å². The average molecular weight is 592 g/mol. The molecular formula is C29H32ClF2N3O6. The van der Waals surface area contributed by atoms with Crippen LogP contribution < -0.4 is 20.5 Å². The number of primary amides is 1. The minimum atomic E-state index is -3.05. The van der Waals surface area contributed by atoms with Crippen LogP contribution in [0, 0.1) is 11.3 Å². The summed E-state index contributed by atoms with van der Waals surface area (Å²) in [6.45, 7) is 3.16. The first kappa shape index (κ1) is 30.1. The lowest BCUT2D eigenvalue weighted by molar-refractivity contribution is -0.0515. The van der Waals surface area contributed by atoms with E-state index in [-0.39, 0.29) is 47.2 Å². The van der Waals surface area contributed by atoms with Crippen LogP contribution in [0.1, 0.15) is 67.9 Å². The lowest BCUT2D eigenvalue weighted by Gasteiger charge is -2.24. The van der Waals surface area contributed by atoms with Crippen molar-refractivity contribution in [2.75, 3.05) is 6.61 Å². The van der Waals surface area contributed by atoms with E-state index in [9.17, 15) is 18.4 Å². The van der Waals surface area contributed by atoms with Gasteiger partial charge >= 0.3 is 12.7 Å². The van der Waals surface area contributed by atoms with Gasteiger partial charge in [-0.05, 0) is 60.4 Å². The van der Waals surface area contributed by atoms with Crippen LogP contribution in [-0.2, 0) is 11.3 Å². The van der Waals surface area contributed by atoms with E-state index in [1.54, 1.807) is 24.3 Å². The molecule has 9 nitrogen and oxygen atoms in total. The highest BCUT2D eigenvalue weighted by Gasteiger charge is 2.33. The Kier molecular flexibility index (Phi) is 9.37. The molecule has 1 atom stereocenters. The number of alkyl halides is 2. The van der Waals surface area contributed by atoms with E-state index in [0.29, 0.717) is 28.7 Å². The third-order valence-corrected chi connectivity index (χ3v) is 6.56. The zero-order valence-electron chi connectivity index (χ0n) is 22.9.